The Labute approximate surface area is 123 Å². The van der Waals surface area contributed by atoms with Crippen molar-refractivity contribution in [3.05, 3.63) is 23.9 Å². The molecule has 1 saturated heterocycles. The first-order valence-electron chi connectivity index (χ1n) is 8.10. The molecule has 1 aliphatic heterocycles. The molecule has 1 aromatic rings. The van der Waals surface area contributed by atoms with Crippen molar-refractivity contribution in [1.82, 2.24) is 9.88 Å². The smallest absolute Gasteiger partial charge is 0.125 e. The standard InChI is InChI=1S/C17H29N3/c1-4-18-17-8-7-15(12-19-17)13-20-10-5-6-16(9-11-20)14(2)3/h7-8,12,14,16H,4-6,9-11,13H2,1-3H3,(H,18,19). The molecule has 112 valence electrons. The fourth-order valence-electron chi connectivity index (χ4n) is 3.07. The average molecular weight is 275 g/mol. The molecule has 1 aliphatic rings. The third kappa shape index (κ3) is 4.48. The molecule has 0 spiro atoms. The molecule has 0 radical (unpaired) electrons. The van der Waals surface area contributed by atoms with E-state index in [1.807, 2.05) is 6.20 Å². The molecule has 0 aromatic carbocycles. The predicted octanol–water partition coefficient (Wildman–Crippen LogP) is 3.77. The van der Waals surface area contributed by atoms with E-state index in [-0.39, 0.29) is 0 Å². The first-order chi connectivity index (χ1) is 9.69. The number of nitrogens with one attached hydrogen (secondary N) is 1. The van der Waals surface area contributed by atoms with Crippen LogP contribution in [0.3, 0.4) is 0 Å². The summed E-state index contributed by atoms with van der Waals surface area (Å²) >= 11 is 0. The Hall–Kier alpha value is -1.09. The number of likely N-dealkylation sites (tertiary alicyclic amines) is 1. The van der Waals surface area contributed by atoms with Crippen LogP contribution in [0.1, 0.15) is 45.6 Å². The van der Waals surface area contributed by atoms with Crippen molar-refractivity contribution in [2.24, 2.45) is 11.8 Å². The van der Waals surface area contributed by atoms with Gasteiger partial charge in [-0.25, -0.2) is 4.98 Å². The summed E-state index contributed by atoms with van der Waals surface area (Å²) < 4.78 is 0. The van der Waals surface area contributed by atoms with Crippen LogP contribution in [0.15, 0.2) is 18.3 Å². The quantitative estimate of drug-likeness (QED) is 0.886. The van der Waals surface area contributed by atoms with Gasteiger partial charge >= 0.3 is 0 Å². The van der Waals surface area contributed by atoms with Crippen molar-refractivity contribution in [1.29, 1.82) is 0 Å². The summed E-state index contributed by atoms with van der Waals surface area (Å²) in [5.74, 6) is 2.72. The van der Waals surface area contributed by atoms with Crippen LogP contribution >= 0.6 is 0 Å². The minimum Gasteiger partial charge on any atom is -0.370 e. The summed E-state index contributed by atoms with van der Waals surface area (Å²) in [6.45, 7) is 11.3. The van der Waals surface area contributed by atoms with Crippen molar-refractivity contribution in [3.8, 4) is 0 Å². The van der Waals surface area contributed by atoms with Gasteiger partial charge < -0.3 is 5.32 Å². The second kappa shape index (κ2) is 7.63. The lowest BCUT2D eigenvalue weighted by molar-refractivity contribution is 0.264. The molecule has 20 heavy (non-hydrogen) atoms. The van der Waals surface area contributed by atoms with Gasteiger partial charge in [0.1, 0.15) is 5.82 Å². The van der Waals surface area contributed by atoms with Gasteiger partial charge in [-0.15, -0.1) is 0 Å². The lowest BCUT2D eigenvalue weighted by Gasteiger charge is -2.21. The maximum atomic E-state index is 4.46. The summed E-state index contributed by atoms with van der Waals surface area (Å²) in [5.41, 5.74) is 1.33. The van der Waals surface area contributed by atoms with Crippen molar-refractivity contribution < 1.29 is 0 Å². The highest BCUT2D eigenvalue weighted by Gasteiger charge is 2.19. The van der Waals surface area contributed by atoms with E-state index >= 15 is 0 Å². The number of hydrogen-bond donors (Lipinski definition) is 1. The van der Waals surface area contributed by atoms with Gasteiger partial charge in [0.2, 0.25) is 0 Å². The highest BCUT2D eigenvalue weighted by atomic mass is 15.1. The van der Waals surface area contributed by atoms with E-state index in [4.69, 9.17) is 0 Å². The Bertz CT molecular complexity index is 386. The minimum atomic E-state index is 0.830. The molecule has 1 N–H and O–H groups in total. The molecule has 1 atom stereocenters. The topological polar surface area (TPSA) is 28.2 Å². The SMILES string of the molecule is CCNc1ccc(CN2CCCC(C(C)C)CC2)cn1. The van der Waals surface area contributed by atoms with E-state index in [0.717, 1.165) is 30.7 Å². The number of nitrogens with zero attached hydrogens (tertiary/aromatic N) is 2. The lowest BCUT2D eigenvalue weighted by Crippen LogP contribution is -2.24. The summed E-state index contributed by atoms with van der Waals surface area (Å²) in [6, 6.07) is 4.30. The normalized spacial score (nSPS) is 20.9. The first kappa shape index (κ1) is 15.3. The fraction of sp³-hybridized carbons (Fsp3) is 0.706. The molecule has 3 heteroatoms. The van der Waals surface area contributed by atoms with Crippen LogP contribution in [0.4, 0.5) is 5.82 Å². The second-order valence-corrected chi connectivity index (χ2v) is 6.29. The Balaban J connectivity index is 1.86. The van der Waals surface area contributed by atoms with E-state index in [1.165, 1.54) is 37.9 Å². The number of hydrogen-bond acceptors (Lipinski definition) is 3. The van der Waals surface area contributed by atoms with Gasteiger partial charge in [-0.2, -0.15) is 0 Å². The summed E-state index contributed by atoms with van der Waals surface area (Å²) in [6.07, 6.45) is 6.10. The van der Waals surface area contributed by atoms with Gasteiger partial charge in [0.25, 0.3) is 0 Å². The van der Waals surface area contributed by atoms with Gasteiger partial charge in [-0.1, -0.05) is 19.9 Å². The second-order valence-electron chi connectivity index (χ2n) is 6.29. The average Bonchev–Trinajstić information content (AvgIpc) is 2.67. The molecule has 1 unspecified atom stereocenters. The molecule has 1 aromatic heterocycles. The zero-order chi connectivity index (χ0) is 14.4. The molecule has 0 amide bonds. The third-order valence-corrected chi connectivity index (χ3v) is 4.40. The van der Waals surface area contributed by atoms with Crippen molar-refractivity contribution in [2.75, 3.05) is 25.0 Å². The van der Waals surface area contributed by atoms with Crippen molar-refractivity contribution in [3.63, 3.8) is 0 Å². The van der Waals surface area contributed by atoms with Crippen molar-refractivity contribution >= 4 is 5.82 Å². The van der Waals surface area contributed by atoms with Crippen LogP contribution in [-0.4, -0.2) is 29.5 Å². The van der Waals surface area contributed by atoms with Crippen LogP contribution < -0.4 is 5.32 Å². The molecule has 1 fully saturated rings. The maximum absolute atomic E-state index is 4.46. The van der Waals surface area contributed by atoms with E-state index in [2.05, 4.69) is 48.1 Å². The van der Waals surface area contributed by atoms with Gasteiger partial charge in [-0.3, -0.25) is 4.90 Å². The zero-order valence-electron chi connectivity index (χ0n) is 13.2. The molecular weight excluding hydrogens is 246 g/mol. The predicted molar refractivity (Wildman–Crippen MR) is 85.9 cm³/mol. The molecule has 0 bridgehead atoms. The first-order valence-corrected chi connectivity index (χ1v) is 8.10. The summed E-state index contributed by atoms with van der Waals surface area (Å²) in [7, 11) is 0. The largest absolute Gasteiger partial charge is 0.370 e. The van der Waals surface area contributed by atoms with Gasteiger partial charge in [0.05, 0.1) is 0 Å². The molecule has 2 rings (SSSR count). The summed E-state index contributed by atoms with van der Waals surface area (Å²) in [4.78, 5) is 7.05. The third-order valence-electron chi connectivity index (χ3n) is 4.40. The highest BCUT2D eigenvalue weighted by molar-refractivity contribution is 5.35. The maximum Gasteiger partial charge on any atom is 0.125 e. The summed E-state index contributed by atoms with van der Waals surface area (Å²) in [5, 5.41) is 3.24. The number of rotatable bonds is 5. The molecule has 2 heterocycles. The van der Waals surface area contributed by atoms with E-state index in [9.17, 15) is 0 Å². The zero-order valence-corrected chi connectivity index (χ0v) is 13.2. The Morgan fingerprint density at radius 1 is 1.30 bits per heavy atom. The number of anilines is 1. The lowest BCUT2D eigenvalue weighted by atomic mass is 9.89. The Morgan fingerprint density at radius 3 is 2.80 bits per heavy atom. The number of aromatic nitrogens is 1. The van der Waals surface area contributed by atoms with Gasteiger partial charge in [0.15, 0.2) is 0 Å². The van der Waals surface area contributed by atoms with Crippen LogP contribution in [0.25, 0.3) is 0 Å². The van der Waals surface area contributed by atoms with E-state index in [0.29, 0.717) is 0 Å². The molecular formula is C17H29N3. The minimum absolute atomic E-state index is 0.830. The Kier molecular flexibility index (Phi) is 5.84. The van der Waals surface area contributed by atoms with E-state index < -0.39 is 0 Å². The van der Waals surface area contributed by atoms with Crippen molar-refractivity contribution in [2.45, 2.75) is 46.6 Å². The monoisotopic (exact) mass is 275 g/mol. The van der Waals surface area contributed by atoms with Crippen LogP contribution in [0.2, 0.25) is 0 Å². The molecule has 0 aliphatic carbocycles. The Morgan fingerprint density at radius 2 is 2.15 bits per heavy atom. The molecule has 3 nitrogen and oxygen atoms in total. The molecule has 0 saturated carbocycles. The van der Waals surface area contributed by atoms with E-state index in [1.54, 1.807) is 0 Å². The number of pyridine rings is 1. The van der Waals surface area contributed by atoms with Crippen LogP contribution in [0, 0.1) is 11.8 Å². The van der Waals surface area contributed by atoms with Crippen LogP contribution in [0.5, 0.6) is 0 Å². The fourth-order valence-corrected chi connectivity index (χ4v) is 3.07. The van der Waals surface area contributed by atoms with Gasteiger partial charge in [0, 0.05) is 19.3 Å². The van der Waals surface area contributed by atoms with Gasteiger partial charge in [-0.05, 0) is 62.7 Å². The van der Waals surface area contributed by atoms with Crippen LogP contribution in [-0.2, 0) is 6.54 Å². The highest BCUT2D eigenvalue weighted by Crippen LogP contribution is 2.25.